The highest BCUT2D eigenvalue weighted by molar-refractivity contribution is 5.82. The summed E-state index contributed by atoms with van der Waals surface area (Å²) < 4.78 is 0. The predicted octanol–water partition coefficient (Wildman–Crippen LogP) is 3.48. The molecule has 0 radical (unpaired) electrons. The maximum Gasteiger partial charge on any atom is 0.320 e. The van der Waals surface area contributed by atoms with Crippen LogP contribution in [0.5, 0.6) is 0 Å². The van der Waals surface area contributed by atoms with Crippen LogP contribution in [0.4, 0.5) is 0 Å². The van der Waals surface area contributed by atoms with Gasteiger partial charge in [-0.25, -0.2) is 0 Å². The summed E-state index contributed by atoms with van der Waals surface area (Å²) in [5, 5.41) is 11.1. The molecular formula is C19H19NO2. The van der Waals surface area contributed by atoms with Gasteiger partial charge in [0.15, 0.2) is 0 Å². The molecule has 1 unspecified atom stereocenters. The summed E-state index contributed by atoms with van der Waals surface area (Å²) in [5.41, 5.74) is 6.30. The fourth-order valence-corrected chi connectivity index (χ4v) is 2.09. The summed E-state index contributed by atoms with van der Waals surface area (Å²) in [5.74, 6) is -0.959. The van der Waals surface area contributed by atoms with Crippen LogP contribution >= 0.6 is 0 Å². The van der Waals surface area contributed by atoms with Gasteiger partial charge in [0, 0.05) is 0 Å². The molecular weight excluding hydrogens is 274 g/mol. The highest BCUT2D eigenvalue weighted by Crippen LogP contribution is 2.11. The predicted molar refractivity (Wildman–Crippen MR) is 89.7 cm³/mol. The zero-order chi connectivity index (χ0) is 15.8. The molecule has 3 aromatic carbocycles. The number of fused-ring (bicyclic) bond motifs is 1. The number of hydrogen-bond donors (Lipinski definition) is 2. The molecule has 3 rings (SSSR count). The van der Waals surface area contributed by atoms with Crippen molar-refractivity contribution in [2.45, 2.75) is 12.5 Å². The number of carboxylic acid groups (broad SMARTS) is 1. The Morgan fingerprint density at radius 1 is 0.818 bits per heavy atom. The number of aliphatic carboxylic acids is 1. The average Bonchev–Trinajstić information content (AvgIpc) is 2.56. The molecule has 0 amide bonds. The van der Waals surface area contributed by atoms with Gasteiger partial charge in [0.1, 0.15) is 6.04 Å². The Hall–Kier alpha value is -2.65. The Labute approximate surface area is 130 Å². The minimum Gasteiger partial charge on any atom is -0.480 e. The van der Waals surface area contributed by atoms with E-state index in [9.17, 15) is 4.79 Å². The number of rotatable bonds is 3. The highest BCUT2D eigenvalue weighted by atomic mass is 16.4. The Kier molecular flexibility index (Phi) is 5.69. The van der Waals surface area contributed by atoms with Crippen molar-refractivity contribution < 1.29 is 9.90 Å². The third kappa shape index (κ3) is 4.72. The minimum atomic E-state index is -0.959. The fraction of sp³-hybridized carbons (Fsp3) is 0.105. The standard InChI is InChI=1S/C10H8.C9H11NO2/c1-2-6-10-8-4-3-7-9(10)5-1;10-8(9(11)12)6-7-4-2-1-3-5-7/h1-8H;1-5,8H,6,10H2,(H,11,12). The van der Waals surface area contributed by atoms with Crippen molar-refractivity contribution in [1.29, 1.82) is 0 Å². The Balaban J connectivity index is 0.000000162. The van der Waals surface area contributed by atoms with Crippen LogP contribution in [-0.2, 0) is 11.2 Å². The molecule has 3 heteroatoms. The van der Waals surface area contributed by atoms with Gasteiger partial charge in [-0.1, -0.05) is 78.9 Å². The number of carboxylic acids is 1. The van der Waals surface area contributed by atoms with Crippen LogP contribution in [-0.4, -0.2) is 17.1 Å². The van der Waals surface area contributed by atoms with Crippen LogP contribution in [0.1, 0.15) is 5.56 Å². The monoisotopic (exact) mass is 293 g/mol. The van der Waals surface area contributed by atoms with Gasteiger partial charge in [0.25, 0.3) is 0 Å². The van der Waals surface area contributed by atoms with Crippen molar-refractivity contribution in [1.82, 2.24) is 0 Å². The van der Waals surface area contributed by atoms with E-state index < -0.39 is 12.0 Å². The zero-order valence-corrected chi connectivity index (χ0v) is 12.2. The molecule has 0 aliphatic carbocycles. The molecule has 3 aromatic rings. The SMILES string of the molecule is NC(Cc1ccccc1)C(=O)O.c1ccc2ccccc2c1. The first-order valence-corrected chi connectivity index (χ1v) is 7.13. The van der Waals surface area contributed by atoms with Gasteiger partial charge in [-0.15, -0.1) is 0 Å². The summed E-state index contributed by atoms with van der Waals surface area (Å²) in [7, 11) is 0. The molecule has 0 aromatic heterocycles. The van der Waals surface area contributed by atoms with Crippen LogP contribution < -0.4 is 5.73 Å². The topological polar surface area (TPSA) is 63.3 Å². The van der Waals surface area contributed by atoms with E-state index in [2.05, 4.69) is 48.5 Å². The van der Waals surface area contributed by atoms with E-state index >= 15 is 0 Å². The van der Waals surface area contributed by atoms with Gasteiger partial charge in [0.05, 0.1) is 0 Å². The average molecular weight is 293 g/mol. The molecule has 0 saturated heterocycles. The lowest BCUT2D eigenvalue weighted by atomic mass is 10.1. The number of benzene rings is 3. The van der Waals surface area contributed by atoms with Gasteiger partial charge >= 0.3 is 5.97 Å². The second-order valence-electron chi connectivity index (χ2n) is 4.98. The minimum absolute atomic E-state index is 0.385. The largest absolute Gasteiger partial charge is 0.480 e. The van der Waals surface area contributed by atoms with Crippen molar-refractivity contribution >= 4 is 16.7 Å². The molecule has 0 heterocycles. The van der Waals surface area contributed by atoms with Crippen LogP contribution in [0, 0.1) is 0 Å². The van der Waals surface area contributed by atoms with E-state index in [-0.39, 0.29) is 0 Å². The van der Waals surface area contributed by atoms with E-state index in [1.54, 1.807) is 0 Å². The maximum atomic E-state index is 10.4. The van der Waals surface area contributed by atoms with Gasteiger partial charge in [-0.3, -0.25) is 4.79 Å². The number of carbonyl (C=O) groups is 1. The lowest BCUT2D eigenvalue weighted by molar-refractivity contribution is -0.138. The molecule has 0 saturated carbocycles. The normalized spacial score (nSPS) is 11.3. The molecule has 0 bridgehead atoms. The second-order valence-corrected chi connectivity index (χ2v) is 4.98. The first kappa shape index (κ1) is 15.7. The van der Waals surface area contributed by atoms with Gasteiger partial charge in [-0.2, -0.15) is 0 Å². The third-order valence-corrected chi connectivity index (χ3v) is 3.27. The molecule has 0 aliphatic rings. The first-order chi connectivity index (χ1) is 10.7. The Bertz CT molecular complexity index is 660. The van der Waals surface area contributed by atoms with Gasteiger partial charge < -0.3 is 10.8 Å². The number of nitrogens with two attached hydrogens (primary N) is 1. The zero-order valence-electron chi connectivity index (χ0n) is 12.2. The van der Waals surface area contributed by atoms with Crippen LogP contribution in [0.25, 0.3) is 10.8 Å². The smallest absolute Gasteiger partial charge is 0.320 e. The summed E-state index contributed by atoms with van der Waals surface area (Å²) in [4.78, 5) is 10.4. The van der Waals surface area contributed by atoms with Crippen LogP contribution in [0.2, 0.25) is 0 Å². The first-order valence-electron chi connectivity index (χ1n) is 7.13. The van der Waals surface area contributed by atoms with E-state index in [1.807, 2.05) is 30.3 Å². The third-order valence-electron chi connectivity index (χ3n) is 3.27. The molecule has 112 valence electrons. The molecule has 0 fully saturated rings. The molecule has 0 aliphatic heterocycles. The maximum absolute atomic E-state index is 10.4. The van der Waals surface area contributed by atoms with Crippen molar-refractivity contribution in [2.24, 2.45) is 5.73 Å². The number of hydrogen-bond acceptors (Lipinski definition) is 2. The van der Waals surface area contributed by atoms with Crippen molar-refractivity contribution in [3.8, 4) is 0 Å². The summed E-state index contributed by atoms with van der Waals surface area (Å²) in [6, 6.07) is 25.3. The summed E-state index contributed by atoms with van der Waals surface area (Å²) in [6.45, 7) is 0. The highest BCUT2D eigenvalue weighted by Gasteiger charge is 2.10. The van der Waals surface area contributed by atoms with Crippen molar-refractivity contribution in [3.63, 3.8) is 0 Å². The van der Waals surface area contributed by atoms with Crippen molar-refractivity contribution in [2.75, 3.05) is 0 Å². The fourth-order valence-electron chi connectivity index (χ4n) is 2.09. The van der Waals surface area contributed by atoms with Crippen molar-refractivity contribution in [3.05, 3.63) is 84.4 Å². The van der Waals surface area contributed by atoms with E-state index in [0.29, 0.717) is 6.42 Å². The lowest BCUT2D eigenvalue weighted by Crippen LogP contribution is -2.32. The molecule has 3 nitrogen and oxygen atoms in total. The van der Waals surface area contributed by atoms with E-state index in [1.165, 1.54) is 10.8 Å². The lowest BCUT2D eigenvalue weighted by Gasteiger charge is -2.04. The van der Waals surface area contributed by atoms with Gasteiger partial charge in [-0.05, 0) is 22.8 Å². The molecule has 0 spiro atoms. The second kappa shape index (κ2) is 7.96. The van der Waals surface area contributed by atoms with E-state index in [4.69, 9.17) is 10.8 Å². The Morgan fingerprint density at radius 2 is 1.23 bits per heavy atom. The molecule has 1 atom stereocenters. The Morgan fingerprint density at radius 3 is 1.64 bits per heavy atom. The molecule has 3 N–H and O–H groups in total. The molecule has 22 heavy (non-hydrogen) atoms. The van der Waals surface area contributed by atoms with Gasteiger partial charge in [0.2, 0.25) is 0 Å². The summed E-state index contributed by atoms with van der Waals surface area (Å²) >= 11 is 0. The van der Waals surface area contributed by atoms with E-state index in [0.717, 1.165) is 5.56 Å². The quantitative estimate of drug-likeness (QED) is 0.777. The van der Waals surface area contributed by atoms with Crippen LogP contribution in [0.3, 0.4) is 0 Å². The summed E-state index contributed by atoms with van der Waals surface area (Å²) in [6.07, 6.45) is 0.385. The van der Waals surface area contributed by atoms with Crippen LogP contribution in [0.15, 0.2) is 78.9 Å².